The van der Waals surface area contributed by atoms with E-state index in [2.05, 4.69) is 18.2 Å². The molecule has 0 aromatic heterocycles. The molecule has 0 N–H and O–H groups in total. The maximum Gasteiger partial charge on any atom is 0.167 e. The van der Waals surface area contributed by atoms with Gasteiger partial charge in [-0.1, -0.05) is 60.7 Å². The number of rotatable bonds is 1. The maximum atomic E-state index is 12.8. The minimum absolute atomic E-state index is 0.127. The lowest BCUT2D eigenvalue weighted by molar-refractivity contribution is 0.0732. The first kappa shape index (κ1) is 13.2. The standard InChI is InChI=1S/C20H16O2/c21-19-15-8-4-5-9-16(15)20(22)18-12-14(10-11-17(18)19)13-6-2-1-3-7-13/h1-10,17-18H,11-12H2. The van der Waals surface area contributed by atoms with Crippen molar-refractivity contribution in [2.45, 2.75) is 12.8 Å². The molecule has 0 bridgehead atoms. The van der Waals surface area contributed by atoms with Crippen molar-refractivity contribution in [1.29, 1.82) is 0 Å². The lowest BCUT2D eigenvalue weighted by atomic mass is 9.67. The summed E-state index contributed by atoms with van der Waals surface area (Å²) in [4.78, 5) is 25.5. The van der Waals surface area contributed by atoms with Crippen molar-refractivity contribution >= 4 is 17.1 Å². The van der Waals surface area contributed by atoms with E-state index in [4.69, 9.17) is 0 Å². The molecular weight excluding hydrogens is 272 g/mol. The number of benzene rings is 2. The highest BCUT2D eigenvalue weighted by Crippen LogP contribution is 2.41. The molecule has 2 aromatic carbocycles. The van der Waals surface area contributed by atoms with Crippen LogP contribution in [-0.2, 0) is 0 Å². The molecule has 2 atom stereocenters. The SMILES string of the molecule is O=C1c2ccccc2C(=O)C2CC(c3ccccc3)=CCC12. The molecule has 2 aliphatic rings. The number of hydrogen-bond acceptors (Lipinski definition) is 2. The third kappa shape index (κ3) is 1.95. The molecule has 0 saturated carbocycles. The summed E-state index contributed by atoms with van der Waals surface area (Å²) in [6.45, 7) is 0. The summed E-state index contributed by atoms with van der Waals surface area (Å²) in [7, 11) is 0. The van der Waals surface area contributed by atoms with Crippen molar-refractivity contribution in [3.05, 3.63) is 77.4 Å². The highest BCUT2D eigenvalue weighted by Gasteiger charge is 2.42. The van der Waals surface area contributed by atoms with E-state index >= 15 is 0 Å². The van der Waals surface area contributed by atoms with Gasteiger partial charge < -0.3 is 0 Å². The molecule has 22 heavy (non-hydrogen) atoms. The van der Waals surface area contributed by atoms with E-state index in [0.29, 0.717) is 24.0 Å². The van der Waals surface area contributed by atoms with Crippen LogP contribution in [0.5, 0.6) is 0 Å². The first-order valence-electron chi connectivity index (χ1n) is 7.67. The molecule has 0 fully saturated rings. The van der Waals surface area contributed by atoms with Crippen molar-refractivity contribution in [2.24, 2.45) is 11.8 Å². The summed E-state index contributed by atoms with van der Waals surface area (Å²) >= 11 is 0. The Morgan fingerprint density at radius 2 is 1.32 bits per heavy atom. The van der Waals surface area contributed by atoms with Gasteiger partial charge in [0.05, 0.1) is 0 Å². The van der Waals surface area contributed by atoms with E-state index < -0.39 is 0 Å². The Hall–Kier alpha value is -2.48. The van der Waals surface area contributed by atoms with E-state index in [1.54, 1.807) is 12.1 Å². The fourth-order valence-electron chi connectivity index (χ4n) is 3.66. The quantitative estimate of drug-likeness (QED) is 0.789. The molecule has 2 aromatic rings. The molecule has 4 rings (SSSR count). The van der Waals surface area contributed by atoms with Gasteiger partial charge in [-0.3, -0.25) is 9.59 Å². The van der Waals surface area contributed by atoms with Crippen LogP contribution >= 0.6 is 0 Å². The molecule has 108 valence electrons. The van der Waals surface area contributed by atoms with Gasteiger partial charge in [-0.15, -0.1) is 0 Å². The molecule has 0 heterocycles. The first-order chi connectivity index (χ1) is 10.8. The van der Waals surface area contributed by atoms with Crippen LogP contribution in [0.15, 0.2) is 60.7 Å². The molecule has 2 heteroatoms. The van der Waals surface area contributed by atoms with Gasteiger partial charge in [0.1, 0.15) is 0 Å². The van der Waals surface area contributed by atoms with E-state index in [-0.39, 0.29) is 23.4 Å². The van der Waals surface area contributed by atoms with Crippen LogP contribution in [0.25, 0.3) is 5.57 Å². The first-order valence-corrected chi connectivity index (χ1v) is 7.67. The fraction of sp³-hybridized carbons (Fsp3) is 0.200. The maximum absolute atomic E-state index is 12.8. The lowest BCUT2D eigenvalue weighted by Gasteiger charge is -2.34. The summed E-state index contributed by atoms with van der Waals surface area (Å²) in [6.07, 6.45) is 3.46. The van der Waals surface area contributed by atoms with Crippen LogP contribution < -0.4 is 0 Å². The number of fused-ring (bicyclic) bond motifs is 2. The zero-order valence-corrected chi connectivity index (χ0v) is 12.2. The van der Waals surface area contributed by atoms with Crippen LogP contribution in [0.1, 0.15) is 39.1 Å². The minimum atomic E-state index is -0.206. The normalized spacial score (nSPS) is 23.5. The van der Waals surface area contributed by atoms with Gasteiger partial charge in [-0.25, -0.2) is 0 Å². The molecule has 0 aliphatic heterocycles. The Labute approximate surface area is 129 Å². The van der Waals surface area contributed by atoms with Crippen LogP contribution in [0, 0.1) is 11.8 Å². The van der Waals surface area contributed by atoms with Gasteiger partial charge >= 0.3 is 0 Å². The monoisotopic (exact) mass is 288 g/mol. The van der Waals surface area contributed by atoms with Crippen molar-refractivity contribution < 1.29 is 9.59 Å². The largest absolute Gasteiger partial charge is 0.294 e. The van der Waals surface area contributed by atoms with Crippen molar-refractivity contribution in [3.8, 4) is 0 Å². The average Bonchev–Trinajstić information content (AvgIpc) is 2.60. The van der Waals surface area contributed by atoms with Crippen LogP contribution in [0.3, 0.4) is 0 Å². The molecule has 0 amide bonds. The number of carbonyl (C=O) groups is 2. The van der Waals surface area contributed by atoms with Gasteiger partial charge in [-0.2, -0.15) is 0 Å². The van der Waals surface area contributed by atoms with E-state index in [9.17, 15) is 9.59 Å². The molecule has 0 spiro atoms. The fourth-order valence-corrected chi connectivity index (χ4v) is 3.66. The molecule has 2 nitrogen and oxygen atoms in total. The number of allylic oxidation sites excluding steroid dienone is 2. The van der Waals surface area contributed by atoms with E-state index in [0.717, 1.165) is 5.56 Å². The second-order valence-corrected chi connectivity index (χ2v) is 6.02. The third-order valence-corrected chi connectivity index (χ3v) is 4.82. The number of Topliss-reactive ketones (excluding diaryl/α,β-unsaturated/α-hetero) is 2. The van der Waals surface area contributed by atoms with Gasteiger partial charge in [-0.05, 0) is 24.0 Å². The molecular formula is C20H16O2. The molecule has 2 aliphatic carbocycles. The Kier molecular flexibility index (Phi) is 3.04. The average molecular weight is 288 g/mol. The Morgan fingerprint density at radius 1 is 0.727 bits per heavy atom. The van der Waals surface area contributed by atoms with E-state index in [1.165, 1.54) is 5.57 Å². The Morgan fingerprint density at radius 3 is 2.00 bits per heavy atom. The second-order valence-electron chi connectivity index (χ2n) is 6.02. The smallest absolute Gasteiger partial charge is 0.167 e. The summed E-state index contributed by atoms with van der Waals surface area (Å²) in [5, 5.41) is 0. The van der Waals surface area contributed by atoms with Crippen molar-refractivity contribution in [2.75, 3.05) is 0 Å². The third-order valence-electron chi connectivity index (χ3n) is 4.82. The van der Waals surface area contributed by atoms with Gasteiger partial charge in [0.2, 0.25) is 0 Å². The van der Waals surface area contributed by atoms with Crippen LogP contribution in [0.2, 0.25) is 0 Å². The van der Waals surface area contributed by atoms with Gasteiger partial charge in [0.25, 0.3) is 0 Å². The highest BCUT2D eigenvalue weighted by molar-refractivity contribution is 6.16. The van der Waals surface area contributed by atoms with Gasteiger partial charge in [0, 0.05) is 23.0 Å². The zero-order chi connectivity index (χ0) is 15.1. The predicted octanol–water partition coefficient (Wildman–Crippen LogP) is 4.18. The van der Waals surface area contributed by atoms with Crippen molar-refractivity contribution in [1.82, 2.24) is 0 Å². The topological polar surface area (TPSA) is 34.1 Å². The minimum Gasteiger partial charge on any atom is -0.294 e. The highest BCUT2D eigenvalue weighted by atomic mass is 16.1. The van der Waals surface area contributed by atoms with E-state index in [1.807, 2.05) is 30.3 Å². The Bertz CT molecular complexity index is 786. The van der Waals surface area contributed by atoms with Crippen molar-refractivity contribution in [3.63, 3.8) is 0 Å². The van der Waals surface area contributed by atoms with Crippen LogP contribution in [-0.4, -0.2) is 11.6 Å². The number of carbonyl (C=O) groups excluding carboxylic acids is 2. The number of hydrogen-bond donors (Lipinski definition) is 0. The van der Waals surface area contributed by atoms with Crippen LogP contribution in [0.4, 0.5) is 0 Å². The molecule has 0 radical (unpaired) electrons. The molecule has 0 saturated heterocycles. The summed E-state index contributed by atoms with van der Waals surface area (Å²) in [5.41, 5.74) is 3.54. The second kappa shape index (κ2) is 5.06. The zero-order valence-electron chi connectivity index (χ0n) is 12.2. The number of ketones is 2. The lowest BCUT2D eigenvalue weighted by Crippen LogP contribution is -2.38. The summed E-state index contributed by atoms with van der Waals surface area (Å²) < 4.78 is 0. The predicted molar refractivity (Wildman–Crippen MR) is 85.7 cm³/mol. The Balaban J connectivity index is 1.73. The molecule has 2 unspecified atom stereocenters. The van der Waals surface area contributed by atoms with Gasteiger partial charge in [0.15, 0.2) is 11.6 Å². The summed E-state index contributed by atoms with van der Waals surface area (Å²) in [5.74, 6) is -0.136. The summed E-state index contributed by atoms with van der Waals surface area (Å²) in [6, 6.07) is 17.4.